The van der Waals surface area contributed by atoms with Gasteiger partial charge < -0.3 is 5.73 Å². The van der Waals surface area contributed by atoms with E-state index in [2.05, 4.69) is 10.3 Å². The van der Waals surface area contributed by atoms with Gasteiger partial charge in [-0.25, -0.2) is 13.5 Å². The van der Waals surface area contributed by atoms with Gasteiger partial charge in [0.2, 0.25) is 0 Å². The molecule has 0 amide bonds. The van der Waals surface area contributed by atoms with Crippen LogP contribution < -0.4 is 5.73 Å². The van der Waals surface area contributed by atoms with Crippen LogP contribution in [0.1, 0.15) is 30.6 Å². The lowest BCUT2D eigenvalue weighted by molar-refractivity contribution is 0.146. The van der Waals surface area contributed by atoms with Crippen LogP contribution >= 0.6 is 0 Å². The highest BCUT2D eigenvalue weighted by Crippen LogP contribution is 2.17. The van der Waals surface area contributed by atoms with Gasteiger partial charge in [0, 0.05) is 6.04 Å². The zero-order chi connectivity index (χ0) is 12.4. The Kier molecular flexibility index (Phi) is 3.14. The van der Waals surface area contributed by atoms with Crippen LogP contribution in [0.2, 0.25) is 0 Å². The Morgan fingerprint density at radius 1 is 1.24 bits per heavy atom. The number of nitrogens with two attached hydrogens (primary N) is 1. The Bertz CT molecular complexity index is 490. The summed E-state index contributed by atoms with van der Waals surface area (Å²) < 4.78 is 26.0. The van der Waals surface area contributed by atoms with Gasteiger partial charge in [-0.15, -0.1) is 5.10 Å². The predicted octanol–water partition coefficient (Wildman–Crippen LogP) is 2.22. The molecule has 1 atom stereocenters. The van der Waals surface area contributed by atoms with E-state index < -0.39 is 6.43 Å². The zero-order valence-electron chi connectivity index (χ0n) is 9.22. The summed E-state index contributed by atoms with van der Waals surface area (Å²) in [7, 11) is 0. The number of alkyl halides is 2. The Hall–Kier alpha value is -1.82. The van der Waals surface area contributed by atoms with Crippen LogP contribution in [-0.4, -0.2) is 15.0 Å². The summed E-state index contributed by atoms with van der Waals surface area (Å²) in [4.78, 5) is 0. The topological polar surface area (TPSA) is 56.7 Å². The molecule has 0 fully saturated rings. The number of benzene rings is 1. The summed E-state index contributed by atoms with van der Waals surface area (Å²) in [6.07, 6.45) is -1.39. The number of aromatic nitrogens is 3. The highest BCUT2D eigenvalue weighted by molar-refractivity contribution is 5.34. The van der Waals surface area contributed by atoms with Crippen molar-refractivity contribution in [3.63, 3.8) is 0 Å². The molecule has 2 N–H and O–H groups in total. The zero-order valence-corrected chi connectivity index (χ0v) is 9.22. The molecule has 0 aliphatic rings. The molecule has 0 spiro atoms. The molecule has 90 valence electrons. The molecule has 1 heterocycles. The van der Waals surface area contributed by atoms with Gasteiger partial charge in [-0.05, 0) is 24.6 Å². The van der Waals surface area contributed by atoms with E-state index in [1.165, 1.54) is 10.9 Å². The summed E-state index contributed by atoms with van der Waals surface area (Å²) in [6.45, 7) is 1.87. The summed E-state index contributed by atoms with van der Waals surface area (Å²) in [5.41, 5.74) is 7.03. The molecule has 0 saturated carbocycles. The second-order valence-electron chi connectivity index (χ2n) is 3.77. The second-order valence-corrected chi connectivity index (χ2v) is 3.77. The quantitative estimate of drug-likeness (QED) is 0.892. The van der Waals surface area contributed by atoms with Crippen LogP contribution in [0.5, 0.6) is 0 Å². The van der Waals surface area contributed by atoms with Gasteiger partial charge in [-0.2, -0.15) is 0 Å². The minimum absolute atomic E-state index is 0.0589. The molecule has 17 heavy (non-hydrogen) atoms. The Balaban J connectivity index is 2.27. The van der Waals surface area contributed by atoms with Crippen molar-refractivity contribution < 1.29 is 8.78 Å². The summed E-state index contributed by atoms with van der Waals surface area (Å²) >= 11 is 0. The van der Waals surface area contributed by atoms with E-state index in [1.54, 1.807) is 12.1 Å². The third-order valence-corrected chi connectivity index (χ3v) is 2.42. The van der Waals surface area contributed by atoms with E-state index in [0.29, 0.717) is 5.69 Å². The van der Waals surface area contributed by atoms with E-state index in [0.717, 1.165) is 5.56 Å². The van der Waals surface area contributed by atoms with Crippen LogP contribution in [0.15, 0.2) is 30.5 Å². The van der Waals surface area contributed by atoms with E-state index in [9.17, 15) is 8.78 Å². The smallest absolute Gasteiger partial charge is 0.283 e. The molecule has 2 rings (SSSR count). The molecule has 0 aliphatic heterocycles. The average molecular weight is 238 g/mol. The van der Waals surface area contributed by atoms with Gasteiger partial charge in [-0.3, -0.25) is 0 Å². The summed E-state index contributed by atoms with van der Waals surface area (Å²) in [5.74, 6) is 0. The predicted molar refractivity (Wildman–Crippen MR) is 58.9 cm³/mol. The lowest BCUT2D eigenvalue weighted by atomic mass is 10.1. The first-order valence-electron chi connectivity index (χ1n) is 5.14. The fourth-order valence-electron chi connectivity index (χ4n) is 1.43. The largest absolute Gasteiger partial charge is 0.324 e. The van der Waals surface area contributed by atoms with Crippen molar-refractivity contribution in [2.75, 3.05) is 0 Å². The molecule has 1 aromatic heterocycles. The molecule has 0 radical (unpaired) electrons. The van der Waals surface area contributed by atoms with Crippen LogP contribution in [0.3, 0.4) is 0 Å². The minimum atomic E-state index is -2.60. The van der Waals surface area contributed by atoms with Crippen molar-refractivity contribution in [3.05, 3.63) is 41.7 Å². The molecule has 0 bridgehead atoms. The lowest BCUT2D eigenvalue weighted by Crippen LogP contribution is -2.05. The number of rotatable bonds is 3. The van der Waals surface area contributed by atoms with Gasteiger partial charge in [0.25, 0.3) is 6.43 Å². The first-order valence-corrected chi connectivity index (χ1v) is 5.14. The van der Waals surface area contributed by atoms with Gasteiger partial charge in [0.05, 0.1) is 11.9 Å². The molecule has 4 nitrogen and oxygen atoms in total. The van der Waals surface area contributed by atoms with Crippen molar-refractivity contribution in [3.8, 4) is 5.69 Å². The van der Waals surface area contributed by atoms with Crippen LogP contribution in [0.4, 0.5) is 8.78 Å². The van der Waals surface area contributed by atoms with Crippen LogP contribution in [0, 0.1) is 0 Å². The number of nitrogens with zero attached hydrogens (tertiary/aromatic N) is 3. The molecule has 1 unspecified atom stereocenters. The summed E-state index contributed by atoms with van der Waals surface area (Å²) in [5, 5.41) is 7.03. The van der Waals surface area contributed by atoms with Crippen molar-refractivity contribution in [2.24, 2.45) is 5.73 Å². The highest BCUT2D eigenvalue weighted by atomic mass is 19.3. The third-order valence-electron chi connectivity index (χ3n) is 2.42. The first-order chi connectivity index (χ1) is 8.08. The number of halogens is 2. The Labute approximate surface area is 97.0 Å². The van der Waals surface area contributed by atoms with E-state index in [4.69, 9.17) is 5.73 Å². The van der Waals surface area contributed by atoms with Gasteiger partial charge in [0.1, 0.15) is 5.69 Å². The maximum Gasteiger partial charge on any atom is 0.283 e. The van der Waals surface area contributed by atoms with E-state index in [-0.39, 0.29) is 11.7 Å². The van der Waals surface area contributed by atoms with Gasteiger partial charge in [0.15, 0.2) is 0 Å². The molecule has 6 heteroatoms. The second kappa shape index (κ2) is 4.58. The van der Waals surface area contributed by atoms with Crippen LogP contribution in [-0.2, 0) is 0 Å². The molecule has 0 saturated heterocycles. The number of hydrogen-bond acceptors (Lipinski definition) is 3. The molecular formula is C11H12F2N4. The fraction of sp³-hybridized carbons (Fsp3) is 0.273. The van der Waals surface area contributed by atoms with Crippen molar-refractivity contribution in [1.82, 2.24) is 15.0 Å². The van der Waals surface area contributed by atoms with Gasteiger partial charge in [-0.1, -0.05) is 17.3 Å². The average Bonchev–Trinajstić information content (AvgIpc) is 2.78. The number of hydrogen-bond donors (Lipinski definition) is 1. The van der Waals surface area contributed by atoms with E-state index >= 15 is 0 Å². The molecule has 2 aromatic rings. The molecule has 0 aliphatic carbocycles. The van der Waals surface area contributed by atoms with Gasteiger partial charge >= 0.3 is 0 Å². The monoisotopic (exact) mass is 238 g/mol. The Morgan fingerprint density at radius 3 is 2.35 bits per heavy atom. The van der Waals surface area contributed by atoms with Crippen molar-refractivity contribution in [1.29, 1.82) is 0 Å². The van der Waals surface area contributed by atoms with Crippen molar-refractivity contribution in [2.45, 2.75) is 19.4 Å². The third kappa shape index (κ3) is 2.47. The Morgan fingerprint density at radius 2 is 1.88 bits per heavy atom. The molecule has 1 aromatic carbocycles. The summed E-state index contributed by atoms with van der Waals surface area (Å²) in [6, 6.07) is 7.15. The first kappa shape index (κ1) is 11.7. The van der Waals surface area contributed by atoms with Crippen molar-refractivity contribution >= 4 is 0 Å². The minimum Gasteiger partial charge on any atom is -0.324 e. The van der Waals surface area contributed by atoms with Crippen LogP contribution in [0.25, 0.3) is 5.69 Å². The lowest BCUT2D eigenvalue weighted by Gasteiger charge is -2.06. The molecular weight excluding hydrogens is 226 g/mol. The maximum atomic E-state index is 12.3. The fourth-order valence-corrected chi connectivity index (χ4v) is 1.43. The van der Waals surface area contributed by atoms with E-state index in [1.807, 2.05) is 19.1 Å². The maximum absolute atomic E-state index is 12.3. The normalized spacial score (nSPS) is 13.0. The SMILES string of the molecule is CC(N)c1ccc(-n2cc(C(F)F)nn2)cc1. The highest BCUT2D eigenvalue weighted by Gasteiger charge is 2.12. The standard InChI is InChI=1S/C11H12F2N4/c1-7(14)8-2-4-9(5-3-8)17-6-10(11(12)13)15-16-17/h2-7,11H,14H2,1H3.